The fourth-order valence-electron chi connectivity index (χ4n) is 2.81. The molecule has 1 aromatic rings. The van der Waals surface area contributed by atoms with E-state index < -0.39 is 0 Å². The van der Waals surface area contributed by atoms with Gasteiger partial charge < -0.3 is 9.47 Å². The molecule has 2 unspecified atom stereocenters. The summed E-state index contributed by atoms with van der Waals surface area (Å²) in [6.07, 6.45) is 1.46. The minimum atomic E-state index is -0.357. The number of esters is 1. The van der Waals surface area contributed by atoms with E-state index >= 15 is 0 Å². The van der Waals surface area contributed by atoms with Crippen molar-refractivity contribution in [3.63, 3.8) is 0 Å². The standard InChI is InChI=1S/C16H21BrN4O3S/c1-8-5-13(15(17)19-6-8)25-16-10(3)14(20-21-18)9(2)12(24-16)7-23-11(4)22/h5-6,9-10,12,14,16H,7H2,1-4H3/t9-,10?,12?,14-,16+/m0/s1. The third kappa shape index (κ3) is 5.10. The van der Waals surface area contributed by atoms with Crippen molar-refractivity contribution in [2.24, 2.45) is 17.0 Å². The second kappa shape index (κ2) is 8.89. The molecule has 1 aliphatic heterocycles. The first kappa shape index (κ1) is 20.0. The average Bonchev–Trinajstić information content (AvgIpc) is 2.56. The molecule has 0 bridgehead atoms. The van der Waals surface area contributed by atoms with Crippen LogP contribution in [0.2, 0.25) is 0 Å². The van der Waals surface area contributed by atoms with Gasteiger partial charge in [-0.05, 0) is 45.9 Å². The molecular weight excluding hydrogens is 408 g/mol. The highest BCUT2D eigenvalue weighted by Crippen LogP contribution is 2.42. The monoisotopic (exact) mass is 428 g/mol. The number of aryl methyl sites for hydroxylation is 1. The lowest BCUT2D eigenvalue weighted by molar-refractivity contribution is -0.153. The molecular formula is C16H21BrN4O3S. The van der Waals surface area contributed by atoms with Crippen LogP contribution in [0.5, 0.6) is 0 Å². The van der Waals surface area contributed by atoms with Crippen molar-refractivity contribution in [3.05, 3.63) is 32.9 Å². The number of nitrogens with zero attached hydrogens (tertiary/aromatic N) is 4. The largest absolute Gasteiger partial charge is 0.463 e. The summed E-state index contributed by atoms with van der Waals surface area (Å²) in [6.45, 7) is 7.44. The predicted octanol–water partition coefficient (Wildman–Crippen LogP) is 4.48. The smallest absolute Gasteiger partial charge is 0.302 e. The molecule has 1 saturated heterocycles. The lowest BCUT2D eigenvalue weighted by Crippen LogP contribution is -2.48. The predicted molar refractivity (Wildman–Crippen MR) is 99.1 cm³/mol. The summed E-state index contributed by atoms with van der Waals surface area (Å²) in [7, 11) is 0. The van der Waals surface area contributed by atoms with Crippen LogP contribution in [0.1, 0.15) is 26.3 Å². The van der Waals surface area contributed by atoms with Crippen molar-refractivity contribution in [2.75, 3.05) is 6.61 Å². The summed E-state index contributed by atoms with van der Waals surface area (Å²) in [6, 6.07) is 1.79. The lowest BCUT2D eigenvalue weighted by Gasteiger charge is -2.42. The van der Waals surface area contributed by atoms with Crippen LogP contribution < -0.4 is 0 Å². The van der Waals surface area contributed by atoms with Crippen molar-refractivity contribution in [1.82, 2.24) is 4.98 Å². The number of carbonyl (C=O) groups excluding carboxylic acids is 1. The van der Waals surface area contributed by atoms with E-state index in [2.05, 4.69) is 30.9 Å². The van der Waals surface area contributed by atoms with Crippen molar-refractivity contribution in [1.29, 1.82) is 0 Å². The Morgan fingerprint density at radius 2 is 2.24 bits per heavy atom. The number of thioether (sulfide) groups is 1. The van der Waals surface area contributed by atoms with Crippen LogP contribution in [0, 0.1) is 18.8 Å². The van der Waals surface area contributed by atoms with E-state index in [1.165, 1.54) is 18.7 Å². The minimum Gasteiger partial charge on any atom is -0.463 e. The second-order valence-corrected chi connectivity index (χ2v) is 8.07. The zero-order chi connectivity index (χ0) is 18.6. The number of pyridine rings is 1. The van der Waals surface area contributed by atoms with Gasteiger partial charge >= 0.3 is 5.97 Å². The summed E-state index contributed by atoms with van der Waals surface area (Å²) in [5.41, 5.74) is 9.73. The molecule has 136 valence electrons. The Morgan fingerprint density at radius 3 is 2.88 bits per heavy atom. The van der Waals surface area contributed by atoms with Crippen LogP contribution >= 0.6 is 27.7 Å². The number of hydrogen-bond donors (Lipinski definition) is 0. The Hall–Kier alpha value is -1.28. The molecule has 2 rings (SSSR count). The van der Waals surface area contributed by atoms with Crippen LogP contribution in [0.4, 0.5) is 0 Å². The zero-order valence-electron chi connectivity index (χ0n) is 14.5. The molecule has 25 heavy (non-hydrogen) atoms. The summed E-state index contributed by atoms with van der Waals surface area (Å²) >= 11 is 4.99. The Bertz CT molecular complexity index is 683. The van der Waals surface area contributed by atoms with Gasteiger partial charge in [0.15, 0.2) is 0 Å². The SMILES string of the molecule is CC(=O)OCC1O[C@H](Sc2cc(C)cnc2Br)C(C)[C@@H](N=[N+]=[N-])[C@H]1C. The molecule has 0 aliphatic carbocycles. The third-order valence-electron chi connectivity index (χ3n) is 4.22. The van der Waals surface area contributed by atoms with Crippen LogP contribution in [0.15, 0.2) is 26.9 Å². The number of azide groups is 1. The molecule has 0 spiro atoms. The van der Waals surface area contributed by atoms with Gasteiger partial charge in [0, 0.05) is 34.9 Å². The minimum absolute atomic E-state index is 0.00288. The van der Waals surface area contributed by atoms with E-state index in [1.54, 1.807) is 6.20 Å². The fourth-order valence-corrected chi connectivity index (χ4v) is 4.53. The Kier molecular flexibility index (Phi) is 7.13. The van der Waals surface area contributed by atoms with E-state index in [0.717, 1.165) is 15.1 Å². The Morgan fingerprint density at radius 1 is 1.52 bits per heavy atom. The fraction of sp³-hybridized carbons (Fsp3) is 0.625. The lowest BCUT2D eigenvalue weighted by atomic mass is 9.85. The molecule has 0 saturated carbocycles. The van der Waals surface area contributed by atoms with E-state index in [-0.39, 0.29) is 42.0 Å². The summed E-state index contributed by atoms with van der Waals surface area (Å²) in [5.74, 6) is -0.414. The van der Waals surface area contributed by atoms with E-state index in [9.17, 15) is 4.79 Å². The van der Waals surface area contributed by atoms with Gasteiger partial charge in [0.1, 0.15) is 16.6 Å². The van der Waals surface area contributed by atoms with Gasteiger partial charge in [0.05, 0.1) is 6.10 Å². The normalized spacial score (nSPS) is 28.9. The molecule has 5 atom stereocenters. The molecule has 0 aromatic carbocycles. The van der Waals surface area contributed by atoms with E-state index in [4.69, 9.17) is 15.0 Å². The van der Waals surface area contributed by atoms with Crippen molar-refractivity contribution >= 4 is 33.7 Å². The van der Waals surface area contributed by atoms with Crippen LogP contribution in [-0.4, -0.2) is 35.1 Å². The quantitative estimate of drug-likeness (QED) is 0.226. The van der Waals surface area contributed by atoms with E-state index in [1.807, 2.05) is 26.8 Å². The highest BCUT2D eigenvalue weighted by molar-refractivity contribution is 9.10. The first-order valence-electron chi connectivity index (χ1n) is 7.95. The first-order valence-corrected chi connectivity index (χ1v) is 9.62. The molecule has 1 aliphatic rings. The highest BCUT2D eigenvalue weighted by atomic mass is 79.9. The second-order valence-electron chi connectivity index (χ2n) is 6.18. The highest BCUT2D eigenvalue weighted by Gasteiger charge is 2.42. The molecule has 1 aromatic heterocycles. The Labute approximate surface area is 159 Å². The maximum Gasteiger partial charge on any atom is 0.302 e. The summed E-state index contributed by atoms with van der Waals surface area (Å²) in [4.78, 5) is 19.4. The molecule has 9 heteroatoms. The maximum absolute atomic E-state index is 11.1. The molecule has 2 heterocycles. The summed E-state index contributed by atoms with van der Waals surface area (Å²) < 4.78 is 12.1. The van der Waals surface area contributed by atoms with Gasteiger partial charge in [0.25, 0.3) is 0 Å². The number of ether oxygens (including phenoxy) is 2. The van der Waals surface area contributed by atoms with Crippen LogP contribution in [-0.2, 0) is 14.3 Å². The van der Waals surface area contributed by atoms with Crippen molar-refractivity contribution in [2.45, 2.75) is 50.2 Å². The van der Waals surface area contributed by atoms with Gasteiger partial charge in [-0.15, -0.1) is 0 Å². The van der Waals surface area contributed by atoms with Gasteiger partial charge in [-0.3, -0.25) is 4.79 Å². The van der Waals surface area contributed by atoms with Crippen molar-refractivity contribution < 1.29 is 14.3 Å². The van der Waals surface area contributed by atoms with Crippen LogP contribution in [0.25, 0.3) is 10.4 Å². The van der Waals surface area contributed by atoms with Gasteiger partial charge in [-0.2, -0.15) is 0 Å². The molecule has 0 N–H and O–H groups in total. The molecule has 0 amide bonds. The van der Waals surface area contributed by atoms with Crippen molar-refractivity contribution in [3.8, 4) is 0 Å². The summed E-state index contributed by atoms with van der Waals surface area (Å²) in [5, 5.41) is 3.97. The number of hydrogen-bond acceptors (Lipinski definition) is 6. The molecule has 0 radical (unpaired) electrons. The Balaban J connectivity index is 2.23. The maximum atomic E-state index is 11.1. The number of halogens is 1. The third-order valence-corrected chi connectivity index (χ3v) is 6.46. The zero-order valence-corrected chi connectivity index (χ0v) is 17.0. The number of aromatic nitrogens is 1. The molecule has 1 fully saturated rings. The van der Waals surface area contributed by atoms with Gasteiger partial charge in [-0.25, -0.2) is 4.98 Å². The number of carbonyl (C=O) groups is 1. The molecule has 7 nitrogen and oxygen atoms in total. The van der Waals surface area contributed by atoms with Gasteiger partial charge in [-0.1, -0.05) is 30.7 Å². The van der Waals surface area contributed by atoms with Gasteiger partial charge in [0.2, 0.25) is 0 Å². The van der Waals surface area contributed by atoms with E-state index in [0.29, 0.717) is 0 Å². The number of rotatable bonds is 5. The van der Waals surface area contributed by atoms with Crippen LogP contribution in [0.3, 0.4) is 0 Å². The first-order chi connectivity index (χ1) is 11.8. The average molecular weight is 429 g/mol. The topological polar surface area (TPSA) is 97.2 Å².